The lowest BCUT2D eigenvalue weighted by Crippen LogP contribution is -2.57. The molecule has 0 unspecified atom stereocenters. The molecule has 1 fully saturated rings. The maximum absolute atomic E-state index is 3.83. The normalized spacial score (nSPS) is 27.1. The highest BCUT2D eigenvalue weighted by Crippen LogP contribution is 2.42. The van der Waals surface area contributed by atoms with Gasteiger partial charge in [0.1, 0.15) is 0 Å². The van der Waals surface area contributed by atoms with Crippen LogP contribution in [0.15, 0.2) is 12.7 Å². The molecule has 1 aliphatic rings. The van der Waals surface area contributed by atoms with Crippen LogP contribution in [-0.2, 0) is 0 Å². The van der Waals surface area contributed by atoms with Crippen molar-refractivity contribution in [2.24, 2.45) is 0 Å². The topological polar surface area (TPSA) is 0 Å². The predicted molar refractivity (Wildman–Crippen MR) is 53.7 cm³/mol. The fourth-order valence-corrected chi connectivity index (χ4v) is 22.7. The molecule has 0 aromatic rings. The molecule has 1 heterocycles. The monoisotopic (exact) mass is 170 g/mol. The molecule has 0 nitrogen and oxygen atoms in total. The van der Waals surface area contributed by atoms with Crippen LogP contribution in [0.4, 0.5) is 0 Å². The third-order valence-electron chi connectivity index (χ3n) is 2.45. The van der Waals surface area contributed by atoms with Crippen molar-refractivity contribution in [2.45, 2.75) is 37.0 Å². The Hall–Kier alpha value is 0.174. The molecule has 0 aromatic heterocycles. The van der Waals surface area contributed by atoms with Crippen molar-refractivity contribution in [3.63, 3.8) is 0 Å². The van der Waals surface area contributed by atoms with Crippen molar-refractivity contribution in [3.05, 3.63) is 12.7 Å². The number of hydrogen-bond donors (Lipinski definition) is 0. The summed E-state index contributed by atoms with van der Waals surface area (Å²) in [5.74, 6) is 0. The fraction of sp³-hybridized carbons (Fsp3) is 0.750. The van der Waals surface area contributed by atoms with Gasteiger partial charge < -0.3 is 0 Å². The zero-order valence-corrected chi connectivity index (χ0v) is 9.41. The smallest absolute Gasteiger partial charge is 0.0489 e. The van der Waals surface area contributed by atoms with Crippen molar-refractivity contribution in [2.75, 3.05) is 0 Å². The average Bonchev–Trinajstić information content (AvgIpc) is 1.58. The Morgan fingerprint density at radius 2 is 1.80 bits per heavy atom. The van der Waals surface area contributed by atoms with Crippen LogP contribution < -0.4 is 0 Å². The SMILES string of the molecule is C=CC[Si]1(C)C[Si](C)(C)C1. The van der Waals surface area contributed by atoms with E-state index in [1.807, 2.05) is 0 Å². The second kappa shape index (κ2) is 2.34. The van der Waals surface area contributed by atoms with Crippen molar-refractivity contribution < 1.29 is 0 Å². The minimum Gasteiger partial charge on any atom is -0.103 e. The molecule has 0 atom stereocenters. The van der Waals surface area contributed by atoms with Gasteiger partial charge in [0.05, 0.1) is 0 Å². The Bertz CT molecular complexity index is 141. The van der Waals surface area contributed by atoms with E-state index in [4.69, 9.17) is 0 Å². The zero-order chi connectivity index (χ0) is 7.83. The summed E-state index contributed by atoms with van der Waals surface area (Å²) in [6.45, 7) is 11.4. The number of rotatable bonds is 2. The summed E-state index contributed by atoms with van der Waals surface area (Å²) >= 11 is 0. The predicted octanol–water partition coefficient (Wildman–Crippen LogP) is 3.05. The molecule has 1 saturated heterocycles. The third-order valence-corrected chi connectivity index (χ3v) is 18.2. The maximum atomic E-state index is 3.83. The summed E-state index contributed by atoms with van der Waals surface area (Å²) in [6.07, 6.45) is 2.13. The van der Waals surface area contributed by atoms with Gasteiger partial charge >= 0.3 is 0 Å². The standard InChI is InChI=1S/C8H18Si2/c1-5-6-10(4)7-9(2,3)8-10/h5H,1,6-8H2,2-4H3. The van der Waals surface area contributed by atoms with Gasteiger partial charge in [0.25, 0.3) is 0 Å². The summed E-state index contributed by atoms with van der Waals surface area (Å²) in [6, 6.07) is 1.36. The quantitative estimate of drug-likeness (QED) is 0.441. The lowest BCUT2D eigenvalue weighted by molar-refractivity contribution is 1.29. The molecule has 0 amide bonds. The molecule has 0 aromatic carbocycles. The summed E-state index contributed by atoms with van der Waals surface area (Å²) in [4.78, 5) is 0. The molecule has 0 N–H and O–H groups in total. The van der Waals surface area contributed by atoms with Crippen LogP contribution in [-0.4, -0.2) is 16.1 Å². The van der Waals surface area contributed by atoms with Crippen molar-refractivity contribution in [1.29, 1.82) is 0 Å². The Balaban J connectivity index is 2.41. The Morgan fingerprint density at radius 1 is 1.30 bits per heavy atom. The van der Waals surface area contributed by atoms with Crippen molar-refractivity contribution >= 4 is 16.1 Å². The largest absolute Gasteiger partial charge is 0.103 e. The molecule has 0 radical (unpaired) electrons. The third kappa shape index (κ3) is 1.61. The van der Waals surface area contributed by atoms with E-state index in [2.05, 4.69) is 32.3 Å². The molecule has 0 aliphatic carbocycles. The first-order valence-corrected chi connectivity index (χ1v) is 10.6. The highest BCUT2D eigenvalue weighted by molar-refractivity contribution is 7.12. The number of allylic oxidation sites excluding steroid dienone is 1. The van der Waals surface area contributed by atoms with E-state index in [-0.39, 0.29) is 0 Å². The molecule has 0 saturated carbocycles. The molecular weight excluding hydrogens is 152 g/mol. The van der Waals surface area contributed by atoms with Gasteiger partial charge in [-0.3, -0.25) is 0 Å². The summed E-state index contributed by atoms with van der Waals surface area (Å²) < 4.78 is 0. The molecule has 10 heavy (non-hydrogen) atoms. The molecule has 0 spiro atoms. The van der Waals surface area contributed by atoms with Gasteiger partial charge in [-0.25, -0.2) is 0 Å². The first kappa shape index (κ1) is 8.27. The molecular formula is C8H18Si2. The van der Waals surface area contributed by atoms with Gasteiger partial charge in [-0.2, -0.15) is 0 Å². The number of hydrogen-bond acceptors (Lipinski definition) is 0. The van der Waals surface area contributed by atoms with E-state index in [9.17, 15) is 0 Å². The van der Waals surface area contributed by atoms with Crippen molar-refractivity contribution in [3.8, 4) is 0 Å². The van der Waals surface area contributed by atoms with Gasteiger partial charge in [0, 0.05) is 16.1 Å². The van der Waals surface area contributed by atoms with Gasteiger partial charge in [-0.05, 0) is 6.04 Å². The van der Waals surface area contributed by atoms with Crippen molar-refractivity contribution in [1.82, 2.24) is 0 Å². The maximum Gasteiger partial charge on any atom is 0.0489 e. The van der Waals surface area contributed by atoms with Crippen LogP contribution in [0, 0.1) is 0 Å². The van der Waals surface area contributed by atoms with E-state index in [1.165, 1.54) is 6.04 Å². The van der Waals surface area contributed by atoms with Crippen LogP contribution in [0.3, 0.4) is 0 Å². The van der Waals surface area contributed by atoms with Crippen LogP contribution in [0.25, 0.3) is 0 Å². The molecule has 2 heteroatoms. The lowest BCUT2D eigenvalue weighted by Gasteiger charge is -2.48. The first-order valence-electron chi connectivity index (χ1n) is 4.08. The van der Waals surface area contributed by atoms with Crippen LogP contribution in [0.5, 0.6) is 0 Å². The van der Waals surface area contributed by atoms with Crippen LogP contribution >= 0.6 is 0 Å². The van der Waals surface area contributed by atoms with Gasteiger partial charge in [-0.1, -0.05) is 37.1 Å². The summed E-state index contributed by atoms with van der Waals surface area (Å²) in [5, 5.41) is 0. The lowest BCUT2D eigenvalue weighted by atomic mass is 10.8. The van der Waals surface area contributed by atoms with Gasteiger partial charge in [0.2, 0.25) is 0 Å². The molecule has 58 valence electrons. The Kier molecular flexibility index (Phi) is 1.94. The highest BCUT2D eigenvalue weighted by atomic mass is 28.5. The van der Waals surface area contributed by atoms with Crippen LogP contribution in [0.1, 0.15) is 0 Å². The molecule has 1 rings (SSSR count). The van der Waals surface area contributed by atoms with Gasteiger partial charge in [-0.15, -0.1) is 6.58 Å². The minimum absolute atomic E-state index is 0.609. The highest BCUT2D eigenvalue weighted by Gasteiger charge is 2.47. The minimum atomic E-state index is -0.688. The second-order valence-electron chi connectivity index (χ2n) is 4.82. The van der Waals surface area contributed by atoms with Crippen LogP contribution in [0.2, 0.25) is 37.0 Å². The van der Waals surface area contributed by atoms with E-state index in [0.29, 0.717) is 0 Å². The van der Waals surface area contributed by atoms with E-state index in [1.54, 1.807) is 11.3 Å². The van der Waals surface area contributed by atoms with E-state index < -0.39 is 16.1 Å². The molecule has 1 aliphatic heterocycles. The first-order chi connectivity index (χ1) is 4.47. The van der Waals surface area contributed by atoms with E-state index in [0.717, 1.165) is 0 Å². The Morgan fingerprint density at radius 3 is 2.10 bits per heavy atom. The van der Waals surface area contributed by atoms with E-state index >= 15 is 0 Å². The summed E-state index contributed by atoms with van der Waals surface area (Å²) in [7, 11) is -1.30. The average molecular weight is 170 g/mol. The zero-order valence-electron chi connectivity index (χ0n) is 7.41. The fourth-order valence-electron chi connectivity index (χ4n) is 2.75. The molecule has 0 bridgehead atoms. The van der Waals surface area contributed by atoms with Gasteiger partial charge in [0.15, 0.2) is 0 Å². The summed E-state index contributed by atoms with van der Waals surface area (Å²) in [5.41, 5.74) is 3.29. The Labute approximate surface area is 66.4 Å². The second-order valence-corrected chi connectivity index (χ2v) is 16.0.